The van der Waals surface area contributed by atoms with Crippen LogP contribution in [0.3, 0.4) is 0 Å². The first-order valence-corrected chi connectivity index (χ1v) is 8.28. The van der Waals surface area contributed by atoms with Gasteiger partial charge in [-0.05, 0) is 12.8 Å². The molecule has 1 aromatic carbocycles. The highest BCUT2D eigenvalue weighted by molar-refractivity contribution is 5.80. The lowest BCUT2D eigenvalue weighted by atomic mass is 10.0. The lowest BCUT2D eigenvalue weighted by molar-refractivity contribution is -0.385. The number of aromatic nitrogens is 2. The van der Waals surface area contributed by atoms with E-state index in [1.807, 2.05) is 19.4 Å². The minimum Gasteiger partial charge on any atom is -0.367 e. The molecule has 0 spiro atoms. The number of nitrogens with one attached hydrogen (secondary N) is 1. The second-order valence-corrected chi connectivity index (χ2v) is 6.29. The number of nitro benzene ring substituents is 1. The Morgan fingerprint density at radius 2 is 2.24 bits per heavy atom. The molecule has 1 N–H and O–H groups in total. The van der Waals surface area contributed by atoms with Gasteiger partial charge in [-0.2, -0.15) is 5.10 Å². The summed E-state index contributed by atoms with van der Waals surface area (Å²) in [6.07, 6.45) is 5.67. The molecule has 1 amide bonds. The second kappa shape index (κ2) is 7.33. The van der Waals surface area contributed by atoms with E-state index in [0.717, 1.165) is 25.1 Å². The summed E-state index contributed by atoms with van der Waals surface area (Å²) in [5.74, 6) is -0.188. The Labute approximate surface area is 145 Å². The Bertz CT molecular complexity index is 773. The van der Waals surface area contributed by atoms with E-state index >= 15 is 0 Å². The zero-order chi connectivity index (χ0) is 17.8. The van der Waals surface area contributed by atoms with Crippen LogP contribution in [0.25, 0.3) is 0 Å². The smallest absolute Gasteiger partial charge is 0.273 e. The van der Waals surface area contributed by atoms with Crippen molar-refractivity contribution in [1.82, 2.24) is 15.1 Å². The number of amides is 1. The third kappa shape index (κ3) is 4.14. The van der Waals surface area contributed by atoms with Gasteiger partial charge in [-0.3, -0.25) is 19.6 Å². The van der Waals surface area contributed by atoms with Gasteiger partial charge in [0.2, 0.25) is 5.91 Å². The first-order valence-electron chi connectivity index (χ1n) is 8.28. The van der Waals surface area contributed by atoms with Gasteiger partial charge in [0.1, 0.15) is 0 Å². The summed E-state index contributed by atoms with van der Waals surface area (Å²) in [6, 6.07) is 6.39. The number of piperidine rings is 1. The quantitative estimate of drug-likeness (QED) is 0.658. The third-order valence-corrected chi connectivity index (χ3v) is 4.38. The molecule has 0 aliphatic carbocycles. The minimum absolute atomic E-state index is 0.0144. The molecule has 2 heterocycles. The fourth-order valence-corrected chi connectivity index (χ4v) is 3.19. The van der Waals surface area contributed by atoms with Gasteiger partial charge >= 0.3 is 0 Å². The van der Waals surface area contributed by atoms with Gasteiger partial charge in [0, 0.05) is 44.0 Å². The highest BCUT2D eigenvalue weighted by Crippen LogP contribution is 2.20. The van der Waals surface area contributed by atoms with Crippen LogP contribution in [0.2, 0.25) is 0 Å². The molecule has 25 heavy (non-hydrogen) atoms. The van der Waals surface area contributed by atoms with E-state index in [4.69, 9.17) is 0 Å². The van der Waals surface area contributed by atoms with Crippen LogP contribution in [0, 0.1) is 10.1 Å². The van der Waals surface area contributed by atoms with Crippen molar-refractivity contribution in [2.45, 2.75) is 25.3 Å². The monoisotopic (exact) mass is 343 g/mol. The molecule has 1 atom stereocenters. The molecule has 1 aliphatic rings. The van der Waals surface area contributed by atoms with E-state index in [1.54, 1.807) is 22.9 Å². The fraction of sp³-hybridized carbons (Fsp3) is 0.412. The average molecular weight is 343 g/mol. The lowest BCUT2D eigenvalue weighted by Gasteiger charge is -2.33. The summed E-state index contributed by atoms with van der Waals surface area (Å²) < 4.78 is 1.76. The maximum absolute atomic E-state index is 12.3. The van der Waals surface area contributed by atoms with Gasteiger partial charge in [-0.1, -0.05) is 18.2 Å². The number of carbonyl (C=O) groups excluding carboxylic acids is 1. The standard InChI is InChI=1S/C17H21N5O3/c1-20-12-15(10-18-20)21-8-4-6-14(11-21)19-17(23)9-13-5-2-3-7-16(13)22(24)25/h2-3,5,7,10,12,14H,4,6,8-9,11H2,1H3,(H,19,23)/t14-/m0/s1. The number of anilines is 1. The van der Waals surface area contributed by atoms with Crippen LogP contribution in [0.15, 0.2) is 36.7 Å². The van der Waals surface area contributed by atoms with Crippen LogP contribution in [-0.4, -0.2) is 39.7 Å². The summed E-state index contributed by atoms with van der Waals surface area (Å²) >= 11 is 0. The molecule has 0 unspecified atom stereocenters. The van der Waals surface area contributed by atoms with Gasteiger partial charge in [0.05, 0.1) is 23.2 Å². The third-order valence-electron chi connectivity index (χ3n) is 4.38. The Kier molecular flexibility index (Phi) is 4.97. The number of hydrogen-bond donors (Lipinski definition) is 1. The van der Waals surface area contributed by atoms with Crippen molar-refractivity contribution in [1.29, 1.82) is 0 Å². The SMILES string of the molecule is Cn1cc(N2CCC[C@H](NC(=O)Cc3ccccc3[N+](=O)[O-])C2)cn1. The van der Waals surface area contributed by atoms with Crippen molar-refractivity contribution in [2.24, 2.45) is 7.05 Å². The molecule has 1 saturated heterocycles. The number of hydrogen-bond acceptors (Lipinski definition) is 5. The van der Waals surface area contributed by atoms with Gasteiger partial charge in [-0.15, -0.1) is 0 Å². The molecule has 8 nitrogen and oxygen atoms in total. The average Bonchev–Trinajstić information content (AvgIpc) is 3.02. The Morgan fingerprint density at radius 3 is 2.96 bits per heavy atom. The zero-order valence-corrected chi connectivity index (χ0v) is 14.1. The summed E-state index contributed by atoms with van der Waals surface area (Å²) in [6.45, 7) is 1.65. The number of nitro groups is 1. The summed E-state index contributed by atoms with van der Waals surface area (Å²) in [5, 5.41) is 18.2. The van der Waals surface area contributed by atoms with Gasteiger partial charge in [-0.25, -0.2) is 0 Å². The highest BCUT2D eigenvalue weighted by atomic mass is 16.6. The molecule has 132 valence electrons. The lowest BCUT2D eigenvalue weighted by Crippen LogP contribution is -2.48. The topological polar surface area (TPSA) is 93.3 Å². The van der Waals surface area contributed by atoms with Crippen LogP contribution in [0.4, 0.5) is 11.4 Å². The Balaban J connectivity index is 1.60. The first-order chi connectivity index (χ1) is 12.0. The van der Waals surface area contributed by atoms with Crippen molar-refractivity contribution in [3.8, 4) is 0 Å². The van der Waals surface area contributed by atoms with Gasteiger partial charge < -0.3 is 10.2 Å². The second-order valence-electron chi connectivity index (χ2n) is 6.29. The van der Waals surface area contributed by atoms with Gasteiger partial charge in [0.25, 0.3) is 5.69 Å². The predicted molar refractivity (Wildman–Crippen MR) is 93.4 cm³/mol. The van der Waals surface area contributed by atoms with Crippen molar-refractivity contribution >= 4 is 17.3 Å². The molecular formula is C17H21N5O3. The number of benzene rings is 1. The minimum atomic E-state index is -0.451. The molecule has 0 bridgehead atoms. The Hall–Kier alpha value is -2.90. The Morgan fingerprint density at radius 1 is 1.44 bits per heavy atom. The van der Waals surface area contributed by atoms with E-state index in [0.29, 0.717) is 12.1 Å². The molecule has 0 saturated carbocycles. The maximum atomic E-state index is 12.3. The summed E-state index contributed by atoms with van der Waals surface area (Å²) in [4.78, 5) is 25.1. The van der Waals surface area contributed by atoms with Crippen LogP contribution in [0.5, 0.6) is 0 Å². The summed E-state index contributed by atoms with van der Waals surface area (Å²) in [5.41, 5.74) is 1.46. The van der Waals surface area contributed by atoms with E-state index in [2.05, 4.69) is 15.3 Å². The van der Waals surface area contributed by atoms with E-state index in [9.17, 15) is 14.9 Å². The van der Waals surface area contributed by atoms with E-state index in [1.165, 1.54) is 6.07 Å². The zero-order valence-electron chi connectivity index (χ0n) is 14.1. The molecule has 1 aromatic heterocycles. The molecular weight excluding hydrogens is 322 g/mol. The van der Waals surface area contributed by atoms with Gasteiger partial charge in [0.15, 0.2) is 0 Å². The van der Waals surface area contributed by atoms with Crippen LogP contribution < -0.4 is 10.2 Å². The number of carbonyl (C=O) groups is 1. The molecule has 1 aliphatic heterocycles. The fourth-order valence-electron chi connectivity index (χ4n) is 3.19. The van der Waals surface area contributed by atoms with E-state index in [-0.39, 0.29) is 24.1 Å². The summed E-state index contributed by atoms with van der Waals surface area (Å²) in [7, 11) is 1.87. The molecule has 0 radical (unpaired) electrons. The molecule has 3 rings (SSSR count). The number of rotatable bonds is 5. The van der Waals surface area contributed by atoms with Crippen LogP contribution in [-0.2, 0) is 18.3 Å². The number of aryl methyl sites for hydroxylation is 1. The molecule has 1 fully saturated rings. The van der Waals surface area contributed by atoms with Crippen molar-refractivity contribution in [3.05, 3.63) is 52.3 Å². The molecule has 2 aromatic rings. The van der Waals surface area contributed by atoms with Crippen LogP contribution >= 0.6 is 0 Å². The highest BCUT2D eigenvalue weighted by Gasteiger charge is 2.23. The van der Waals surface area contributed by atoms with Crippen molar-refractivity contribution in [2.75, 3.05) is 18.0 Å². The van der Waals surface area contributed by atoms with E-state index < -0.39 is 4.92 Å². The van der Waals surface area contributed by atoms with Crippen molar-refractivity contribution in [3.63, 3.8) is 0 Å². The van der Waals surface area contributed by atoms with Crippen molar-refractivity contribution < 1.29 is 9.72 Å². The number of para-hydroxylation sites is 1. The number of nitrogens with zero attached hydrogens (tertiary/aromatic N) is 4. The largest absolute Gasteiger partial charge is 0.367 e. The normalized spacial score (nSPS) is 17.3. The maximum Gasteiger partial charge on any atom is 0.273 e. The molecule has 8 heteroatoms. The first kappa shape index (κ1) is 16.9. The predicted octanol–water partition coefficient (Wildman–Crippen LogP) is 1.66. The van der Waals surface area contributed by atoms with Crippen LogP contribution in [0.1, 0.15) is 18.4 Å².